The summed E-state index contributed by atoms with van der Waals surface area (Å²) in [6.07, 6.45) is -2.49. The summed E-state index contributed by atoms with van der Waals surface area (Å²) in [7, 11) is -4.43. The van der Waals surface area contributed by atoms with E-state index in [4.69, 9.17) is 9.57 Å². The van der Waals surface area contributed by atoms with Gasteiger partial charge in [-0.3, -0.25) is 14.4 Å². The number of amides is 4. The topological polar surface area (TPSA) is 173 Å². The van der Waals surface area contributed by atoms with Crippen LogP contribution in [0, 0.1) is 11.3 Å². The van der Waals surface area contributed by atoms with Gasteiger partial charge in [-0.25, -0.2) is 26.7 Å². The number of benzene rings is 2. The summed E-state index contributed by atoms with van der Waals surface area (Å²) < 4.78 is 61.5. The van der Waals surface area contributed by atoms with Gasteiger partial charge in [0.2, 0.25) is 18.2 Å². The highest BCUT2D eigenvalue weighted by Gasteiger charge is 2.66. The average molecular weight is 812 g/mol. The maximum Gasteiger partial charge on any atom is 0.408 e. The minimum absolute atomic E-state index is 0.161. The summed E-state index contributed by atoms with van der Waals surface area (Å²) in [5.41, 5.74) is 0.944. The van der Waals surface area contributed by atoms with Crippen molar-refractivity contribution < 1.29 is 46.0 Å². The molecule has 13 nitrogen and oxygen atoms in total. The van der Waals surface area contributed by atoms with Gasteiger partial charge in [-0.05, 0) is 60.1 Å². The van der Waals surface area contributed by atoms with E-state index in [1.54, 1.807) is 20.8 Å². The molecule has 2 saturated carbocycles. The number of thiophene rings is 1. The minimum Gasteiger partial charge on any atom is -0.446 e. The zero-order valence-corrected chi connectivity index (χ0v) is 32.6. The van der Waals surface area contributed by atoms with Crippen LogP contribution in [-0.2, 0) is 34.0 Å². The molecule has 17 heteroatoms. The van der Waals surface area contributed by atoms with Crippen LogP contribution in [0.4, 0.5) is 13.6 Å². The van der Waals surface area contributed by atoms with Gasteiger partial charge >= 0.3 is 6.09 Å². The number of oxime groups is 1. The lowest BCUT2D eigenvalue weighted by Gasteiger charge is -2.35. The first-order chi connectivity index (χ1) is 26.6. The second-order valence-corrected chi connectivity index (χ2v) is 18.6. The molecule has 4 aliphatic rings. The molecule has 3 aliphatic carbocycles. The summed E-state index contributed by atoms with van der Waals surface area (Å²) in [6.45, 7) is 5.01. The molecule has 1 aliphatic heterocycles. The zero-order valence-electron chi connectivity index (χ0n) is 31.0. The Balaban J connectivity index is 1.17. The molecule has 2 aromatic carbocycles. The van der Waals surface area contributed by atoms with Crippen LogP contribution in [0.1, 0.15) is 70.4 Å². The quantitative estimate of drug-likeness (QED) is 0.174. The SMILES string of the molecule is CC(C)(C)[C@H](NC(=O)OC1CCCC1)C(=O)N1C[C@H](ON=C2c3ccccc3-c3ccccc32)C[C@H]1C(=O)N[C@@]1(C(=O)NS(=O)(=O)c2cccs2)C[C@H]1C(F)F. The number of fused-ring (bicyclic) bond motifs is 3. The number of nitrogens with one attached hydrogen (secondary N) is 3. The Morgan fingerprint density at radius 1 is 0.929 bits per heavy atom. The van der Waals surface area contributed by atoms with Crippen LogP contribution in [0.2, 0.25) is 0 Å². The van der Waals surface area contributed by atoms with Crippen LogP contribution in [-0.4, -0.2) is 85.6 Å². The lowest BCUT2D eigenvalue weighted by molar-refractivity contribution is -0.143. The molecule has 1 aromatic heterocycles. The van der Waals surface area contributed by atoms with E-state index in [0.29, 0.717) is 18.6 Å². The molecule has 0 bridgehead atoms. The standard InChI is InChI=1S/C39H43F2N5O8S2/c1-38(2,3)32(42-37(50)53-22-11-4-5-12-22)35(48)46-21-23(54-44-31-26-15-8-6-13-24(26)25-14-7-9-16-27(25)31)19-29(46)34(47)43-39(20-28(39)33(40)41)36(49)45-56(51,52)30-17-10-18-55-30/h6-10,13-18,22-23,28-29,32-33H,4-5,11-12,19-21H2,1-3H3,(H,42,50)(H,43,47)(H,45,49)/t23-,28+,29+,32-,39+/m1/s1. The number of rotatable bonds is 11. The first-order valence-electron chi connectivity index (χ1n) is 18.5. The van der Waals surface area contributed by atoms with Gasteiger partial charge in [0.05, 0.1) is 12.5 Å². The number of halogens is 2. The fourth-order valence-corrected chi connectivity index (χ4v) is 9.78. The number of sulfonamides is 1. The van der Waals surface area contributed by atoms with Crippen molar-refractivity contribution in [3.8, 4) is 11.1 Å². The van der Waals surface area contributed by atoms with Gasteiger partial charge in [-0.2, -0.15) is 0 Å². The predicted octanol–water partition coefficient (Wildman–Crippen LogP) is 5.20. The van der Waals surface area contributed by atoms with E-state index < -0.39 is 81.7 Å². The number of alkyl halides is 2. The largest absolute Gasteiger partial charge is 0.446 e. The number of likely N-dealkylation sites (tertiary alicyclic amines) is 1. The highest BCUT2D eigenvalue weighted by molar-refractivity contribution is 7.92. The van der Waals surface area contributed by atoms with E-state index in [1.165, 1.54) is 22.4 Å². The van der Waals surface area contributed by atoms with Gasteiger partial charge in [0, 0.05) is 17.5 Å². The van der Waals surface area contributed by atoms with Crippen LogP contribution >= 0.6 is 11.3 Å². The van der Waals surface area contributed by atoms with Crippen molar-refractivity contribution in [2.75, 3.05) is 6.54 Å². The van der Waals surface area contributed by atoms with Crippen molar-refractivity contribution >= 4 is 50.9 Å². The van der Waals surface area contributed by atoms with E-state index in [9.17, 15) is 36.4 Å². The van der Waals surface area contributed by atoms with E-state index >= 15 is 0 Å². The summed E-state index contributed by atoms with van der Waals surface area (Å²) in [5.74, 6) is -4.65. The minimum atomic E-state index is -4.43. The number of carbonyl (C=O) groups is 4. The van der Waals surface area contributed by atoms with Gasteiger partial charge in [-0.15, -0.1) is 11.3 Å². The molecular formula is C39H43F2N5O8S2. The lowest BCUT2D eigenvalue weighted by Crippen LogP contribution is -2.60. The second kappa shape index (κ2) is 15.2. The van der Waals surface area contributed by atoms with Crippen molar-refractivity contribution in [1.29, 1.82) is 0 Å². The van der Waals surface area contributed by atoms with Crippen molar-refractivity contribution in [2.24, 2.45) is 16.5 Å². The maximum absolute atomic E-state index is 14.5. The molecule has 56 heavy (non-hydrogen) atoms. The second-order valence-electron chi connectivity index (χ2n) is 15.7. The van der Waals surface area contributed by atoms with E-state index in [-0.39, 0.29) is 23.3 Å². The van der Waals surface area contributed by atoms with Crippen LogP contribution in [0.3, 0.4) is 0 Å². The molecule has 3 N–H and O–H groups in total. The average Bonchev–Trinajstić information content (AvgIpc) is 3.72. The maximum atomic E-state index is 14.5. The summed E-state index contributed by atoms with van der Waals surface area (Å²) in [6, 6.07) is 15.4. The Morgan fingerprint density at radius 3 is 2.11 bits per heavy atom. The number of hydrogen-bond donors (Lipinski definition) is 3. The molecule has 0 spiro atoms. The summed E-state index contributed by atoms with van der Waals surface area (Å²) in [4.78, 5) is 62.7. The number of alkyl carbamates (subject to hydrolysis) is 1. The van der Waals surface area contributed by atoms with Gasteiger partial charge < -0.3 is 25.1 Å². The van der Waals surface area contributed by atoms with E-state index in [2.05, 4.69) is 15.8 Å². The molecule has 2 heterocycles. The first-order valence-corrected chi connectivity index (χ1v) is 20.9. The zero-order chi connectivity index (χ0) is 40.0. The number of carbonyl (C=O) groups excluding carboxylic acids is 4. The van der Waals surface area contributed by atoms with Crippen molar-refractivity contribution in [3.63, 3.8) is 0 Å². The Kier molecular flexibility index (Phi) is 10.7. The summed E-state index contributed by atoms with van der Waals surface area (Å²) in [5, 5.41) is 11.1. The highest BCUT2D eigenvalue weighted by Crippen LogP contribution is 2.48. The third-order valence-corrected chi connectivity index (χ3v) is 13.5. The van der Waals surface area contributed by atoms with Crippen molar-refractivity contribution in [3.05, 3.63) is 77.2 Å². The summed E-state index contributed by atoms with van der Waals surface area (Å²) >= 11 is 0.826. The smallest absolute Gasteiger partial charge is 0.408 e. The molecular weight excluding hydrogens is 769 g/mol. The van der Waals surface area contributed by atoms with Gasteiger partial charge in [0.1, 0.15) is 39.8 Å². The predicted molar refractivity (Wildman–Crippen MR) is 202 cm³/mol. The molecule has 5 atom stereocenters. The number of ether oxygens (including phenoxy) is 1. The number of hydrogen-bond acceptors (Lipinski definition) is 10. The van der Waals surface area contributed by atoms with Gasteiger partial charge in [0.15, 0.2) is 0 Å². The Hall–Kier alpha value is -4.90. The van der Waals surface area contributed by atoms with Gasteiger partial charge in [0.25, 0.3) is 15.9 Å². The molecule has 7 rings (SSSR count). The molecule has 3 fully saturated rings. The van der Waals surface area contributed by atoms with Crippen LogP contribution < -0.4 is 15.4 Å². The monoisotopic (exact) mass is 811 g/mol. The normalized spacial score (nSPS) is 23.6. The molecule has 1 saturated heterocycles. The lowest BCUT2D eigenvalue weighted by atomic mass is 9.85. The van der Waals surface area contributed by atoms with Crippen LogP contribution in [0.15, 0.2) is 75.4 Å². The Bertz CT molecular complexity index is 2110. The van der Waals surface area contributed by atoms with Crippen molar-refractivity contribution in [1.82, 2.24) is 20.3 Å². The fraction of sp³-hybridized carbons (Fsp3) is 0.462. The molecule has 0 radical (unpaired) electrons. The third-order valence-electron chi connectivity index (χ3n) is 10.8. The van der Waals surface area contributed by atoms with Crippen molar-refractivity contribution in [2.45, 2.75) is 99.8 Å². The molecule has 0 unspecified atom stereocenters. The molecule has 298 valence electrons. The van der Waals surface area contributed by atoms with E-state index in [1.807, 2.05) is 53.3 Å². The Morgan fingerprint density at radius 2 is 1.55 bits per heavy atom. The fourth-order valence-electron chi connectivity index (χ4n) is 7.75. The number of nitrogens with zero attached hydrogens (tertiary/aromatic N) is 2. The highest BCUT2D eigenvalue weighted by atomic mass is 32.2. The van der Waals surface area contributed by atoms with Gasteiger partial charge in [-0.1, -0.05) is 80.5 Å². The van der Waals surface area contributed by atoms with Crippen LogP contribution in [0.25, 0.3) is 11.1 Å². The first kappa shape index (κ1) is 39.3. The third kappa shape index (κ3) is 7.75. The Labute approximate surface area is 327 Å². The van der Waals surface area contributed by atoms with E-state index in [0.717, 1.165) is 46.4 Å². The molecule has 3 aromatic rings. The molecule has 4 amide bonds. The van der Waals surface area contributed by atoms with Crippen LogP contribution in [0.5, 0.6) is 0 Å².